The predicted molar refractivity (Wildman–Crippen MR) is 78.3 cm³/mol. The van der Waals surface area contributed by atoms with Crippen LogP contribution in [0.1, 0.15) is 19.5 Å². The summed E-state index contributed by atoms with van der Waals surface area (Å²) >= 11 is 0. The van der Waals surface area contributed by atoms with Gasteiger partial charge in [0.05, 0.1) is 17.0 Å². The lowest BCUT2D eigenvalue weighted by molar-refractivity contribution is 0.0344. The molecule has 0 bridgehead atoms. The highest BCUT2D eigenvalue weighted by Gasteiger charge is 2.23. The zero-order chi connectivity index (χ0) is 14.0. The molecule has 1 aromatic rings. The second kappa shape index (κ2) is 5.35. The number of nitrogens with zero attached hydrogens (tertiary/aromatic N) is 3. The van der Waals surface area contributed by atoms with Crippen LogP contribution in [-0.2, 0) is 0 Å². The molecule has 2 heterocycles. The molecule has 5 nitrogen and oxygen atoms in total. The highest BCUT2D eigenvalue weighted by atomic mass is 16.3. The molecule has 1 aromatic heterocycles. The number of hydrogen-bond donors (Lipinski definition) is 2. The maximum absolute atomic E-state index is 9.84. The Morgan fingerprint density at radius 1 is 1.26 bits per heavy atom. The van der Waals surface area contributed by atoms with Crippen LogP contribution in [-0.4, -0.2) is 53.3 Å². The molecule has 0 radical (unpaired) electrons. The number of hydrogen-bond acceptors (Lipinski definition) is 5. The summed E-state index contributed by atoms with van der Waals surface area (Å²) in [6.45, 7) is 10.1. The molecule has 0 unspecified atom stereocenters. The Balaban J connectivity index is 1.94. The van der Waals surface area contributed by atoms with E-state index in [4.69, 9.17) is 5.73 Å². The SMILES string of the molecule is Cc1nc(N2CCN(CC(C)(C)O)CC2)ccc1N. The van der Waals surface area contributed by atoms with E-state index in [1.54, 1.807) is 0 Å². The zero-order valence-corrected chi connectivity index (χ0v) is 12.1. The summed E-state index contributed by atoms with van der Waals surface area (Å²) in [5.74, 6) is 0.995. The van der Waals surface area contributed by atoms with Crippen LogP contribution in [0.5, 0.6) is 0 Å². The van der Waals surface area contributed by atoms with E-state index in [2.05, 4.69) is 14.8 Å². The van der Waals surface area contributed by atoms with Gasteiger partial charge in [0.25, 0.3) is 0 Å². The first-order valence-corrected chi connectivity index (χ1v) is 6.78. The molecule has 0 saturated carbocycles. The number of nitrogen functional groups attached to an aromatic ring is 1. The second-order valence-electron chi connectivity index (χ2n) is 5.92. The van der Waals surface area contributed by atoms with E-state index in [9.17, 15) is 5.11 Å². The Bertz CT molecular complexity index is 434. The van der Waals surface area contributed by atoms with Gasteiger partial charge in [0.1, 0.15) is 5.82 Å². The van der Waals surface area contributed by atoms with Crippen LogP contribution < -0.4 is 10.6 Å². The number of pyridine rings is 1. The van der Waals surface area contributed by atoms with Gasteiger partial charge < -0.3 is 15.7 Å². The third kappa shape index (κ3) is 3.81. The molecule has 1 aliphatic rings. The average molecular weight is 264 g/mol. The quantitative estimate of drug-likeness (QED) is 0.848. The Morgan fingerprint density at radius 3 is 2.42 bits per heavy atom. The van der Waals surface area contributed by atoms with E-state index in [-0.39, 0.29) is 0 Å². The minimum atomic E-state index is -0.627. The highest BCUT2D eigenvalue weighted by Crippen LogP contribution is 2.18. The summed E-state index contributed by atoms with van der Waals surface area (Å²) in [7, 11) is 0. The van der Waals surface area contributed by atoms with Crippen LogP contribution in [0.4, 0.5) is 11.5 Å². The van der Waals surface area contributed by atoms with Gasteiger partial charge in [0, 0.05) is 32.7 Å². The van der Waals surface area contributed by atoms with Crippen molar-refractivity contribution in [3.8, 4) is 0 Å². The Kier molecular flexibility index (Phi) is 3.96. The summed E-state index contributed by atoms with van der Waals surface area (Å²) in [5, 5.41) is 9.84. The Morgan fingerprint density at radius 2 is 1.89 bits per heavy atom. The molecule has 2 rings (SSSR count). The number of aliphatic hydroxyl groups is 1. The van der Waals surface area contributed by atoms with Crippen LogP contribution >= 0.6 is 0 Å². The molecule has 0 spiro atoms. The number of β-amino-alcohol motifs (C(OH)–C–C–N with tert-alkyl or cyclic N) is 1. The molecule has 1 saturated heterocycles. The van der Waals surface area contributed by atoms with E-state index < -0.39 is 5.60 Å². The van der Waals surface area contributed by atoms with Crippen molar-refractivity contribution in [2.75, 3.05) is 43.4 Å². The fraction of sp³-hybridized carbons (Fsp3) is 0.643. The number of piperazine rings is 1. The summed E-state index contributed by atoms with van der Waals surface area (Å²) in [6, 6.07) is 3.90. The van der Waals surface area contributed by atoms with Crippen molar-refractivity contribution in [2.24, 2.45) is 0 Å². The first-order chi connectivity index (χ1) is 8.85. The molecule has 0 aromatic carbocycles. The first kappa shape index (κ1) is 14.1. The largest absolute Gasteiger partial charge is 0.397 e. The minimum absolute atomic E-state index is 0.627. The molecule has 106 valence electrons. The minimum Gasteiger partial charge on any atom is -0.397 e. The third-order valence-corrected chi connectivity index (χ3v) is 3.42. The van der Waals surface area contributed by atoms with Crippen molar-refractivity contribution >= 4 is 11.5 Å². The Hall–Kier alpha value is -1.33. The molecule has 1 aliphatic heterocycles. The molecule has 0 aliphatic carbocycles. The van der Waals surface area contributed by atoms with Crippen molar-refractivity contribution in [1.82, 2.24) is 9.88 Å². The van der Waals surface area contributed by atoms with Crippen LogP contribution in [0.2, 0.25) is 0 Å². The van der Waals surface area contributed by atoms with Crippen molar-refractivity contribution < 1.29 is 5.11 Å². The number of nitrogens with two attached hydrogens (primary N) is 1. The molecule has 0 amide bonds. The predicted octanol–water partition coefficient (Wildman–Crippen LogP) is 0.865. The van der Waals surface area contributed by atoms with Gasteiger partial charge in [-0.3, -0.25) is 4.90 Å². The summed E-state index contributed by atoms with van der Waals surface area (Å²) in [4.78, 5) is 9.09. The second-order valence-corrected chi connectivity index (χ2v) is 5.92. The fourth-order valence-electron chi connectivity index (χ4n) is 2.42. The van der Waals surface area contributed by atoms with Gasteiger partial charge in [-0.05, 0) is 32.9 Å². The number of rotatable bonds is 3. The normalized spacial score (nSPS) is 17.8. The average Bonchev–Trinajstić information content (AvgIpc) is 2.32. The van der Waals surface area contributed by atoms with E-state index in [0.717, 1.165) is 49.9 Å². The van der Waals surface area contributed by atoms with Crippen molar-refractivity contribution in [3.63, 3.8) is 0 Å². The van der Waals surface area contributed by atoms with Gasteiger partial charge in [-0.15, -0.1) is 0 Å². The monoisotopic (exact) mass is 264 g/mol. The van der Waals surface area contributed by atoms with Crippen LogP contribution in [0.25, 0.3) is 0 Å². The lowest BCUT2D eigenvalue weighted by Gasteiger charge is -2.37. The van der Waals surface area contributed by atoms with Crippen LogP contribution in [0, 0.1) is 6.92 Å². The lowest BCUT2D eigenvalue weighted by Crippen LogP contribution is -2.50. The lowest BCUT2D eigenvalue weighted by atomic mass is 10.1. The summed E-state index contributed by atoms with van der Waals surface area (Å²) in [6.07, 6.45) is 0. The molecular formula is C14H24N4O. The summed E-state index contributed by atoms with van der Waals surface area (Å²) < 4.78 is 0. The Labute approximate surface area is 115 Å². The molecule has 3 N–H and O–H groups in total. The van der Waals surface area contributed by atoms with Gasteiger partial charge in [-0.1, -0.05) is 0 Å². The molecular weight excluding hydrogens is 240 g/mol. The maximum atomic E-state index is 9.84. The van der Waals surface area contributed by atoms with Gasteiger partial charge in [-0.25, -0.2) is 4.98 Å². The van der Waals surface area contributed by atoms with Crippen molar-refractivity contribution in [3.05, 3.63) is 17.8 Å². The molecule has 19 heavy (non-hydrogen) atoms. The third-order valence-electron chi connectivity index (χ3n) is 3.42. The zero-order valence-electron chi connectivity index (χ0n) is 12.1. The van der Waals surface area contributed by atoms with Crippen molar-refractivity contribution in [2.45, 2.75) is 26.4 Å². The summed E-state index contributed by atoms with van der Waals surface area (Å²) in [5.41, 5.74) is 6.79. The maximum Gasteiger partial charge on any atom is 0.129 e. The number of aryl methyl sites for hydroxylation is 1. The van der Waals surface area contributed by atoms with Crippen molar-refractivity contribution in [1.29, 1.82) is 0 Å². The molecule has 1 fully saturated rings. The van der Waals surface area contributed by atoms with Gasteiger partial charge in [0.2, 0.25) is 0 Å². The van der Waals surface area contributed by atoms with E-state index >= 15 is 0 Å². The van der Waals surface area contributed by atoms with Gasteiger partial charge >= 0.3 is 0 Å². The standard InChI is InChI=1S/C14H24N4O/c1-11-12(15)4-5-13(16-11)18-8-6-17(7-9-18)10-14(2,3)19/h4-5,19H,6-10,15H2,1-3H3. The molecule has 5 heteroatoms. The topological polar surface area (TPSA) is 65.6 Å². The van der Waals surface area contributed by atoms with Crippen LogP contribution in [0.3, 0.4) is 0 Å². The van der Waals surface area contributed by atoms with E-state index in [1.807, 2.05) is 32.9 Å². The number of anilines is 2. The highest BCUT2D eigenvalue weighted by molar-refractivity contribution is 5.50. The first-order valence-electron chi connectivity index (χ1n) is 6.78. The van der Waals surface area contributed by atoms with Gasteiger partial charge in [-0.2, -0.15) is 0 Å². The molecule has 0 atom stereocenters. The smallest absolute Gasteiger partial charge is 0.129 e. The van der Waals surface area contributed by atoms with Gasteiger partial charge in [0.15, 0.2) is 0 Å². The number of aromatic nitrogens is 1. The fourth-order valence-corrected chi connectivity index (χ4v) is 2.42. The van der Waals surface area contributed by atoms with E-state index in [1.165, 1.54) is 0 Å². The van der Waals surface area contributed by atoms with E-state index in [0.29, 0.717) is 0 Å². The van der Waals surface area contributed by atoms with Crippen LogP contribution in [0.15, 0.2) is 12.1 Å².